The molecule has 1 fully saturated rings. The van der Waals surface area contributed by atoms with Crippen LogP contribution in [-0.2, 0) is 0 Å². The molecule has 1 aromatic rings. The minimum atomic E-state index is -0.136. The molecule has 0 amide bonds. The predicted molar refractivity (Wildman–Crippen MR) is 63.6 cm³/mol. The van der Waals surface area contributed by atoms with Crippen molar-refractivity contribution in [3.8, 4) is 12.3 Å². The van der Waals surface area contributed by atoms with Gasteiger partial charge >= 0.3 is 0 Å². The fourth-order valence-corrected chi connectivity index (χ4v) is 2.13. The Morgan fingerprint density at radius 1 is 1.44 bits per heavy atom. The lowest BCUT2D eigenvalue weighted by atomic mass is 9.91. The standard InChI is InChI=1S/C14H16FN/c1-2-3-4-8-16-10-13(11-16)12-6-5-7-14(15)9-12/h1,5-7,9,13H,3-4,8,10-11H2. The van der Waals surface area contributed by atoms with E-state index in [1.54, 1.807) is 12.1 Å². The minimum Gasteiger partial charge on any atom is -0.302 e. The second-order valence-corrected chi connectivity index (χ2v) is 4.32. The lowest BCUT2D eigenvalue weighted by molar-refractivity contribution is 0.147. The van der Waals surface area contributed by atoms with Crippen molar-refractivity contribution in [3.63, 3.8) is 0 Å². The maximum Gasteiger partial charge on any atom is 0.123 e. The van der Waals surface area contributed by atoms with E-state index in [0.717, 1.165) is 38.0 Å². The van der Waals surface area contributed by atoms with Crippen molar-refractivity contribution in [2.24, 2.45) is 0 Å². The first-order chi connectivity index (χ1) is 7.79. The molecule has 1 saturated heterocycles. The number of rotatable bonds is 4. The number of hydrogen-bond acceptors (Lipinski definition) is 1. The first kappa shape index (κ1) is 11.2. The Balaban J connectivity index is 1.78. The van der Waals surface area contributed by atoms with E-state index >= 15 is 0 Å². The lowest BCUT2D eigenvalue weighted by Gasteiger charge is -2.39. The van der Waals surface area contributed by atoms with E-state index in [1.807, 2.05) is 6.07 Å². The number of terminal acetylenes is 1. The fraction of sp³-hybridized carbons (Fsp3) is 0.429. The summed E-state index contributed by atoms with van der Waals surface area (Å²) in [5.74, 6) is 3.01. The zero-order chi connectivity index (χ0) is 11.4. The van der Waals surface area contributed by atoms with Gasteiger partial charge in [-0.2, -0.15) is 0 Å². The van der Waals surface area contributed by atoms with Gasteiger partial charge in [0.25, 0.3) is 0 Å². The predicted octanol–water partition coefficient (Wildman–Crippen LogP) is 2.64. The van der Waals surface area contributed by atoms with Gasteiger partial charge < -0.3 is 4.90 Å². The molecule has 16 heavy (non-hydrogen) atoms. The molecule has 84 valence electrons. The molecule has 1 nitrogen and oxygen atoms in total. The third-order valence-electron chi connectivity index (χ3n) is 3.07. The zero-order valence-electron chi connectivity index (χ0n) is 9.32. The van der Waals surface area contributed by atoms with Gasteiger partial charge in [-0.05, 0) is 30.7 Å². The number of halogens is 1. The van der Waals surface area contributed by atoms with E-state index in [0.29, 0.717) is 5.92 Å². The van der Waals surface area contributed by atoms with Gasteiger partial charge in [0.15, 0.2) is 0 Å². The summed E-state index contributed by atoms with van der Waals surface area (Å²) in [5.41, 5.74) is 1.12. The van der Waals surface area contributed by atoms with Gasteiger partial charge in [0, 0.05) is 25.4 Å². The Bertz CT molecular complexity index is 388. The van der Waals surface area contributed by atoms with Crippen LogP contribution in [0.3, 0.4) is 0 Å². The van der Waals surface area contributed by atoms with Crippen LogP contribution in [0.25, 0.3) is 0 Å². The summed E-state index contributed by atoms with van der Waals surface area (Å²) >= 11 is 0. The number of unbranched alkanes of at least 4 members (excludes halogenated alkanes) is 1. The highest BCUT2D eigenvalue weighted by Gasteiger charge is 2.27. The molecule has 1 aromatic carbocycles. The molecule has 0 aromatic heterocycles. The number of benzene rings is 1. The molecule has 0 bridgehead atoms. The van der Waals surface area contributed by atoms with Crippen LogP contribution in [0.4, 0.5) is 4.39 Å². The topological polar surface area (TPSA) is 3.24 Å². The zero-order valence-corrected chi connectivity index (χ0v) is 9.32. The Kier molecular flexibility index (Phi) is 3.58. The van der Waals surface area contributed by atoms with Crippen molar-refractivity contribution >= 4 is 0 Å². The Morgan fingerprint density at radius 2 is 2.25 bits per heavy atom. The van der Waals surface area contributed by atoms with E-state index in [1.165, 1.54) is 6.07 Å². The molecule has 2 rings (SSSR count). The van der Waals surface area contributed by atoms with Gasteiger partial charge in [0.2, 0.25) is 0 Å². The molecule has 0 spiro atoms. The third-order valence-corrected chi connectivity index (χ3v) is 3.07. The average molecular weight is 217 g/mol. The van der Waals surface area contributed by atoms with Crippen LogP contribution in [0, 0.1) is 18.2 Å². The molecule has 0 radical (unpaired) electrons. The molecule has 2 heteroatoms. The van der Waals surface area contributed by atoms with E-state index in [-0.39, 0.29) is 5.82 Å². The monoisotopic (exact) mass is 217 g/mol. The lowest BCUT2D eigenvalue weighted by Crippen LogP contribution is -2.45. The van der Waals surface area contributed by atoms with Crippen LogP contribution in [0.15, 0.2) is 24.3 Å². The van der Waals surface area contributed by atoms with Gasteiger partial charge in [-0.15, -0.1) is 12.3 Å². The minimum absolute atomic E-state index is 0.136. The summed E-state index contributed by atoms with van der Waals surface area (Å²) < 4.78 is 13.0. The Morgan fingerprint density at radius 3 is 2.94 bits per heavy atom. The summed E-state index contributed by atoms with van der Waals surface area (Å²) in [6, 6.07) is 6.93. The quantitative estimate of drug-likeness (QED) is 0.553. The molecule has 0 unspecified atom stereocenters. The largest absolute Gasteiger partial charge is 0.302 e. The van der Waals surface area contributed by atoms with Crippen LogP contribution < -0.4 is 0 Å². The molecule has 1 aliphatic heterocycles. The maximum atomic E-state index is 13.0. The van der Waals surface area contributed by atoms with Crippen LogP contribution in [0.1, 0.15) is 24.3 Å². The van der Waals surface area contributed by atoms with Crippen LogP contribution in [-0.4, -0.2) is 24.5 Å². The normalized spacial score (nSPS) is 16.8. The number of likely N-dealkylation sites (tertiary alicyclic amines) is 1. The Labute approximate surface area is 96.3 Å². The highest BCUT2D eigenvalue weighted by Crippen LogP contribution is 2.27. The SMILES string of the molecule is C#CCCCN1CC(c2cccc(F)c2)C1. The van der Waals surface area contributed by atoms with Crippen molar-refractivity contribution < 1.29 is 4.39 Å². The van der Waals surface area contributed by atoms with E-state index in [4.69, 9.17) is 6.42 Å². The summed E-state index contributed by atoms with van der Waals surface area (Å²) in [4.78, 5) is 2.37. The molecule has 1 heterocycles. The van der Waals surface area contributed by atoms with E-state index in [2.05, 4.69) is 10.8 Å². The summed E-state index contributed by atoms with van der Waals surface area (Å²) in [6.45, 7) is 3.14. The molecular weight excluding hydrogens is 201 g/mol. The van der Waals surface area contributed by atoms with Crippen molar-refractivity contribution in [1.29, 1.82) is 0 Å². The molecule has 0 N–H and O–H groups in total. The number of hydrogen-bond donors (Lipinski definition) is 0. The summed E-state index contributed by atoms with van der Waals surface area (Å²) in [5, 5.41) is 0. The fourth-order valence-electron chi connectivity index (χ4n) is 2.13. The molecule has 0 atom stereocenters. The average Bonchev–Trinajstić information content (AvgIpc) is 2.21. The first-order valence-electron chi connectivity index (χ1n) is 5.71. The maximum absolute atomic E-state index is 13.0. The summed E-state index contributed by atoms with van der Waals surface area (Å²) in [7, 11) is 0. The molecular formula is C14H16FN. The second kappa shape index (κ2) is 5.14. The van der Waals surface area contributed by atoms with Gasteiger partial charge in [-0.3, -0.25) is 0 Å². The van der Waals surface area contributed by atoms with Crippen molar-refractivity contribution in [2.45, 2.75) is 18.8 Å². The molecule has 0 aliphatic carbocycles. The van der Waals surface area contributed by atoms with Crippen LogP contribution in [0.2, 0.25) is 0 Å². The third kappa shape index (κ3) is 2.62. The highest BCUT2D eigenvalue weighted by atomic mass is 19.1. The van der Waals surface area contributed by atoms with E-state index < -0.39 is 0 Å². The molecule has 1 aliphatic rings. The van der Waals surface area contributed by atoms with Gasteiger partial charge in [-0.1, -0.05) is 12.1 Å². The Hall–Kier alpha value is -1.33. The van der Waals surface area contributed by atoms with Crippen molar-refractivity contribution in [3.05, 3.63) is 35.6 Å². The van der Waals surface area contributed by atoms with Gasteiger partial charge in [0.1, 0.15) is 5.82 Å². The van der Waals surface area contributed by atoms with Gasteiger partial charge in [-0.25, -0.2) is 4.39 Å². The second-order valence-electron chi connectivity index (χ2n) is 4.32. The smallest absolute Gasteiger partial charge is 0.123 e. The highest BCUT2D eigenvalue weighted by molar-refractivity contribution is 5.23. The first-order valence-corrected chi connectivity index (χ1v) is 5.71. The molecule has 0 saturated carbocycles. The van der Waals surface area contributed by atoms with Crippen molar-refractivity contribution in [2.75, 3.05) is 19.6 Å². The van der Waals surface area contributed by atoms with E-state index in [9.17, 15) is 4.39 Å². The number of nitrogens with zero attached hydrogens (tertiary/aromatic N) is 1. The van der Waals surface area contributed by atoms with Crippen LogP contribution in [0.5, 0.6) is 0 Å². The van der Waals surface area contributed by atoms with Crippen LogP contribution >= 0.6 is 0 Å². The van der Waals surface area contributed by atoms with Gasteiger partial charge in [0.05, 0.1) is 0 Å². The van der Waals surface area contributed by atoms with Crippen molar-refractivity contribution in [1.82, 2.24) is 4.90 Å². The summed E-state index contributed by atoms with van der Waals surface area (Å²) in [6.07, 6.45) is 7.11.